The molecule has 6 aromatic carbocycles. The Balaban J connectivity index is 1.20. The van der Waals surface area contributed by atoms with E-state index in [-0.39, 0.29) is 0 Å². The quantitative estimate of drug-likeness (QED) is 0.211. The van der Waals surface area contributed by atoms with Gasteiger partial charge in [-0.25, -0.2) is 0 Å². The van der Waals surface area contributed by atoms with Gasteiger partial charge in [0.1, 0.15) is 0 Å². The highest BCUT2D eigenvalue weighted by Gasteiger charge is 2.14. The minimum Gasteiger partial charge on any atom is -0.309 e. The lowest BCUT2D eigenvalue weighted by molar-refractivity contribution is 1.17. The van der Waals surface area contributed by atoms with E-state index < -0.39 is 0 Å². The van der Waals surface area contributed by atoms with Crippen molar-refractivity contribution >= 4 is 43.6 Å². The van der Waals surface area contributed by atoms with E-state index in [1.54, 1.807) is 0 Å². The lowest BCUT2D eigenvalue weighted by Crippen LogP contribution is -1.95. The Bertz CT molecular complexity index is 2020. The molecule has 0 unspecified atom stereocenters. The van der Waals surface area contributed by atoms with Crippen LogP contribution in [-0.2, 0) is 0 Å². The molecule has 0 amide bonds. The molecule has 0 saturated carbocycles. The van der Waals surface area contributed by atoms with Gasteiger partial charge in [-0.3, -0.25) is 0 Å². The van der Waals surface area contributed by atoms with Crippen molar-refractivity contribution in [3.05, 3.63) is 144 Å². The second-order valence-corrected chi connectivity index (χ2v) is 11.8. The molecule has 0 aliphatic carbocycles. The van der Waals surface area contributed by atoms with Crippen molar-refractivity contribution in [1.82, 2.24) is 9.13 Å². The first-order chi connectivity index (χ1) is 20.4. The average Bonchev–Trinajstić information content (AvgIpc) is 3.48. The third-order valence-electron chi connectivity index (χ3n) is 8.74. The van der Waals surface area contributed by atoms with Gasteiger partial charge in [-0.15, -0.1) is 0 Å². The molecule has 0 aliphatic heterocycles. The van der Waals surface area contributed by atoms with Crippen molar-refractivity contribution in [2.24, 2.45) is 0 Å². The number of benzene rings is 6. The van der Waals surface area contributed by atoms with E-state index in [0.717, 1.165) is 0 Å². The van der Waals surface area contributed by atoms with Crippen molar-refractivity contribution in [1.29, 1.82) is 0 Å². The summed E-state index contributed by atoms with van der Waals surface area (Å²) in [5, 5.41) is 5.24. The summed E-state index contributed by atoms with van der Waals surface area (Å²) in [5.41, 5.74) is 14.9. The van der Waals surface area contributed by atoms with Gasteiger partial charge in [0.05, 0.1) is 22.1 Å². The van der Waals surface area contributed by atoms with Gasteiger partial charge in [-0.2, -0.15) is 0 Å². The van der Waals surface area contributed by atoms with Gasteiger partial charge < -0.3 is 9.13 Å². The van der Waals surface area contributed by atoms with E-state index in [4.69, 9.17) is 0 Å². The molecule has 2 heteroatoms. The number of nitrogens with zero attached hydrogens (tertiary/aromatic N) is 2. The monoisotopic (exact) mass is 540 g/mol. The van der Waals surface area contributed by atoms with Gasteiger partial charge in [0.25, 0.3) is 0 Å². The lowest BCUT2D eigenvalue weighted by Gasteiger charge is -2.11. The molecule has 202 valence electrons. The summed E-state index contributed by atoms with van der Waals surface area (Å²) in [5.74, 6) is 0. The predicted molar refractivity (Wildman–Crippen MR) is 180 cm³/mol. The Hall–Kier alpha value is -5.08. The van der Waals surface area contributed by atoms with E-state index in [1.165, 1.54) is 88.4 Å². The summed E-state index contributed by atoms with van der Waals surface area (Å²) in [6.45, 7) is 8.67. The van der Waals surface area contributed by atoms with Crippen molar-refractivity contribution in [3.8, 4) is 22.5 Å². The molecule has 0 aliphatic rings. The normalized spacial score (nSPS) is 11.8. The number of aryl methyl sites for hydroxylation is 4. The SMILES string of the molecule is Cc1ccc2c(c1)c1cc(C)ccc1n2-c1ccc(-c2ccc(-n3c4ccc(C)cc4c4cc(C)ccc43)cc2)cc1. The molecule has 8 rings (SSSR count). The van der Waals surface area contributed by atoms with Crippen molar-refractivity contribution in [2.75, 3.05) is 0 Å². The highest BCUT2D eigenvalue weighted by molar-refractivity contribution is 6.10. The first-order valence-electron chi connectivity index (χ1n) is 14.7. The van der Waals surface area contributed by atoms with Gasteiger partial charge in [0.2, 0.25) is 0 Å². The molecule has 0 saturated heterocycles. The first kappa shape index (κ1) is 24.7. The standard InChI is InChI=1S/C40H32N2/c1-25-5-17-37-33(21-25)34-22-26(2)6-18-38(34)41(37)31-13-9-29(10-14-31)30-11-15-32(16-12-30)42-39-19-7-27(3)23-35(39)36-24-28(4)8-20-40(36)42/h5-24H,1-4H3. The average molecular weight is 541 g/mol. The third-order valence-corrected chi connectivity index (χ3v) is 8.74. The van der Waals surface area contributed by atoms with Crippen LogP contribution in [0.4, 0.5) is 0 Å². The molecule has 8 aromatic rings. The van der Waals surface area contributed by atoms with Crippen molar-refractivity contribution in [2.45, 2.75) is 27.7 Å². The van der Waals surface area contributed by atoms with Crippen LogP contribution >= 0.6 is 0 Å². The fraction of sp³-hybridized carbons (Fsp3) is 0.100. The number of hydrogen-bond donors (Lipinski definition) is 0. The largest absolute Gasteiger partial charge is 0.309 e. The zero-order valence-corrected chi connectivity index (χ0v) is 24.4. The molecule has 0 spiro atoms. The third kappa shape index (κ3) is 3.79. The van der Waals surface area contributed by atoms with Crippen LogP contribution in [0.5, 0.6) is 0 Å². The maximum atomic E-state index is 2.39. The maximum absolute atomic E-state index is 2.39. The Kier molecular flexibility index (Phi) is 5.42. The second-order valence-electron chi connectivity index (χ2n) is 11.8. The number of hydrogen-bond acceptors (Lipinski definition) is 0. The van der Waals surface area contributed by atoms with Crippen LogP contribution in [0.1, 0.15) is 22.3 Å². The number of aromatic nitrogens is 2. The first-order valence-corrected chi connectivity index (χ1v) is 14.7. The molecule has 2 heterocycles. The van der Waals surface area contributed by atoms with Gasteiger partial charge in [0.15, 0.2) is 0 Å². The Morgan fingerprint density at radius 2 is 0.571 bits per heavy atom. The molecule has 0 radical (unpaired) electrons. The van der Waals surface area contributed by atoms with E-state index in [9.17, 15) is 0 Å². The summed E-state index contributed by atoms with van der Waals surface area (Å²) in [6, 6.07) is 45.1. The molecular weight excluding hydrogens is 508 g/mol. The van der Waals surface area contributed by atoms with Gasteiger partial charge in [0, 0.05) is 32.9 Å². The zero-order valence-electron chi connectivity index (χ0n) is 24.4. The molecule has 0 N–H and O–H groups in total. The van der Waals surface area contributed by atoms with Crippen LogP contribution in [0, 0.1) is 27.7 Å². The van der Waals surface area contributed by atoms with Gasteiger partial charge in [-0.05, 0) is 112 Å². The number of fused-ring (bicyclic) bond motifs is 6. The van der Waals surface area contributed by atoms with Crippen molar-refractivity contribution in [3.63, 3.8) is 0 Å². The Morgan fingerprint density at radius 1 is 0.310 bits per heavy atom. The molecule has 2 aromatic heterocycles. The molecular formula is C40H32N2. The molecule has 0 atom stereocenters. The minimum absolute atomic E-state index is 1.18. The predicted octanol–water partition coefficient (Wildman–Crippen LogP) is 10.8. The van der Waals surface area contributed by atoms with Gasteiger partial charge >= 0.3 is 0 Å². The zero-order chi connectivity index (χ0) is 28.5. The fourth-order valence-electron chi connectivity index (χ4n) is 6.66. The summed E-state index contributed by atoms with van der Waals surface area (Å²) in [6.07, 6.45) is 0. The molecule has 0 fully saturated rings. The van der Waals surface area contributed by atoms with Crippen molar-refractivity contribution < 1.29 is 0 Å². The van der Waals surface area contributed by atoms with E-state index >= 15 is 0 Å². The molecule has 42 heavy (non-hydrogen) atoms. The molecule has 2 nitrogen and oxygen atoms in total. The van der Waals surface area contributed by atoms with Gasteiger partial charge in [-0.1, -0.05) is 70.8 Å². The fourth-order valence-corrected chi connectivity index (χ4v) is 6.66. The van der Waals surface area contributed by atoms with E-state index in [2.05, 4.69) is 158 Å². The van der Waals surface area contributed by atoms with E-state index in [1.807, 2.05) is 0 Å². The number of rotatable bonds is 3. The minimum atomic E-state index is 1.18. The van der Waals surface area contributed by atoms with E-state index in [0.29, 0.717) is 0 Å². The van der Waals surface area contributed by atoms with Crippen LogP contribution in [0.25, 0.3) is 66.1 Å². The van der Waals surface area contributed by atoms with Crippen LogP contribution in [0.3, 0.4) is 0 Å². The highest BCUT2D eigenvalue weighted by Crippen LogP contribution is 2.36. The summed E-state index contributed by atoms with van der Waals surface area (Å²) < 4.78 is 4.78. The summed E-state index contributed by atoms with van der Waals surface area (Å²) >= 11 is 0. The highest BCUT2D eigenvalue weighted by atomic mass is 15.0. The smallest absolute Gasteiger partial charge is 0.0541 e. The topological polar surface area (TPSA) is 9.86 Å². The molecule has 0 bridgehead atoms. The van der Waals surface area contributed by atoms with Crippen LogP contribution in [0.2, 0.25) is 0 Å². The summed E-state index contributed by atoms with van der Waals surface area (Å²) in [4.78, 5) is 0. The van der Waals surface area contributed by atoms with Crippen LogP contribution in [-0.4, -0.2) is 9.13 Å². The maximum Gasteiger partial charge on any atom is 0.0541 e. The Morgan fingerprint density at radius 3 is 0.833 bits per heavy atom. The van der Waals surface area contributed by atoms with Crippen LogP contribution < -0.4 is 0 Å². The Labute approximate surface area is 246 Å². The lowest BCUT2D eigenvalue weighted by atomic mass is 10.0. The second kappa shape index (κ2) is 9.22. The summed E-state index contributed by atoms with van der Waals surface area (Å²) in [7, 11) is 0. The van der Waals surface area contributed by atoms with Crippen LogP contribution in [0.15, 0.2) is 121 Å².